The molecule has 1 saturated heterocycles. The van der Waals surface area contributed by atoms with Crippen molar-refractivity contribution in [1.82, 2.24) is 10.2 Å². The molecule has 1 N–H and O–H groups in total. The lowest BCUT2D eigenvalue weighted by Crippen LogP contribution is -2.55. The maximum absolute atomic E-state index is 12.3. The first-order chi connectivity index (χ1) is 8.08. The van der Waals surface area contributed by atoms with Gasteiger partial charge in [-0.3, -0.25) is 9.00 Å². The molecule has 2 fully saturated rings. The van der Waals surface area contributed by atoms with Gasteiger partial charge in [0.2, 0.25) is 5.91 Å². The summed E-state index contributed by atoms with van der Waals surface area (Å²) in [7, 11) is -0.836. The predicted molar refractivity (Wildman–Crippen MR) is 69.3 cm³/mol. The molecule has 0 radical (unpaired) electrons. The van der Waals surface area contributed by atoms with E-state index in [1.165, 1.54) is 12.8 Å². The summed E-state index contributed by atoms with van der Waals surface area (Å²) in [4.78, 5) is 14.2. The molecule has 0 aromatic carbocycles. The maximum atomic E-state index is 12.3. The van der Waals surface area contributed by atoms with Crippen molar-refractivity contribution < 1.29 is 9.00 Å². The van der Waals surface area contributed by atoms with Crippen molar-refractivity contribution in [2.24, 2.45) is 0 Å². The normalized spacial score (nSPS) is 29.2. The smallest absolute Gasteiger partial charge is 0.239 e. The second kappa shape index (κ2) is 5.48. The molecule has 5 heteroatoms. The summed E-state index contributed by atoms with van der Waals surface area (Å²) in [6.45, 7) is 2.82. The van der Waals surface area contributed by atoms with Crippen LogP contribution in [0.4, 0.5) is 0 Å². The number of carbonyl (C=O) groups excluding carboxylic acids is 1. The highest BCUT2D eigenvalue weighted by Gasteiger charge is 2.35. The van der Waals surface area contributed by atoms with E-state index < -0.39 is 10.8 Å². The van der Waals surface area contributed by atoms with Crippen molar-refractivity contribution in [3.63, 3.8) is 0 Å². The molecular formula is C12H22N2O2S. The van der Waals surface area contributed by atoms with Crippen LogP contribution in [-0.2, 0) is 15.6 Å². The van der Waals surface area contributed by atoms with Crippen LogP contribution in [0.1, 0.15) is 32.6 Å². The molecule has 4 nitrogen and oxygen atoms in total. The Morgan fingerprint density at radius 3 is 2.76 bits per heavy atom. The minimum absolute atomic E-state index is 0.00370. The molecule has 1 aliphatic heterocycles. The van der Waals surface area contributed by atoms with Crippen molar-refractivity contribution in [3.05, 3.63) is 0 Å². The van der Waals surface area contributed by atoms with E-state index in [4.69, 9.17) is 0 Å². The number of rotatable bonds is 5. The number of carbonyl (C=O) groups is 1. The first kappa shape index (κ1) is 13.0. The lowest BCUT2D eigenvalue weighted by atomic mass is 10.0. The first-order valence-corrected chi connectivity index (χ1v) is 8.17. The molecule has 2 rings (SSSR count). The average Bonchev–Trinajstić information content (AvgIpc) is 3.04. The lowest BCUT2D eigenvalue weighted by molar-refractivity contribution is -0.137. The molecule has 0 spiro atoms. The Morgan fingerprint density at radius 2 is 2.18 bits per heavy atom. The number of piperidine rings is 1. The monoisotopic (exact) mass is 258 g/mol. The van der Waals surface area contributed by atoms with Crippen LogP contribution < -0.4 is 5.32 Å². The Kier molecular flexibility index (Phi) is 4.20. The van der Waals surface area contributed by atoms with Gasteiger partial charge in [-0.2, -0.15) is 0 Å². The Bertz CT molecular complexity index is 318. The number of nitrogens with one attached hydrogen (secondary N) is 1. The Balaban J connectivity index is 1.92. The minimum atomic E-state index is -0.836. The van der Waals surface area contributed by atoms with E-state index in [0.29, 0.717) is 11.8 Å². The van der Waals surface area contributed by atoms with Crippen LogP contribution >= 0.6 is 0 Å². The highest BCUT2D eigenvalue weighted by Crippen LogP contribution is 2.23. The molecule has 1 amide bonds. The quantitative estimate of drug-likeness (QED) is 0.781. The summed E-state index contributed by atoms with van der Waals surface area (Å²) in [5, 5.41) is 3.41. The third-order valence-corrected chi connectivity index (χ3v) is 4.45. The molecule has 98 valence electrons. The van der Waals surface area contributed by atoms with Gasteiger partial charge in [0.1, 0.15) is 0 Å². The third kappa shape index (κ3) is 3.52. The fourth-order valence-electron chi connectivity index (χ4n) is 2.46. The van der Waals surface area contributed by atoms with Gasteiger partial charge in [-0.05, 0) is 32.6 Å². The molecule has 3 unspecified atom stereocenters. The zero-order valence-corrected chi connectivity index (χ0v) is 11.5. The summed E-state index contributed by atoms with van der Waals surface area (Å²) in [5.41, 5.74) is 0. The van der Waals surface area contributed by atoms with Gasteiger partial charge in [0.25, 0.3) is 0 Å². The molecule has 17 heavy (non-hydrogen) atoms. The van der Waals surface area contributed by atoms with Crippen LogP contribution in [0.15, 0.2) is 0 Å². The first-order valence-electron chi connectivity index (χ1n) is 6.44. The van der Waals surface area contributed by atoms with Gasteiger partial charge >= 0.3 is 0 Å². The van der Waals surface area contributed by atoms with Gasteiger partial charge in [-0.15, -0.1) is 0 Å². The lowest BCUT2D eigenvalue weighted by Gasteiger charge is -2.36. The highest BCUT2D eigenvalue weighted by molar-refractivity contribution is 7.84. The van der Waals surface area contributed by atoms with Gasteiger partial charge in [-0.1, -0.05) is 0 Å². The average molecular weight is 258 g/mol. The van der Waals surface area contributed by atoms with Crippen molar-refractivity contribution >= 4 is 16.7 Å². The molecule has 0 aromatic rings. The largest absolute Gasteiger partial charge is 0.338 e. The van der Waals surface area contributed by atoms with Gasteiger partial charge < -0.3 is 10.2 Å². The van der Waals surface area contributed by atoms with E-state index in [-0.39, 0.29) is 18.0 Å². The number of amides is 1. The standard InChI is InChI=1S/C12H22N2O2S/c1-9(8-17(2)16)14-7-3-4-11(12(14)15)13-10-5-6-10/h9-11,13H,3-8H2,1-2H3. The highest BCUT2D eigenvalue weighted by atomic mass is 32.2. The van der Waals surface area contributed by atoms with Crippen molar-refractivity contribution in [1.29, 1.82) is 0 Å². The number of likely N-dealkylation sites (tertiary alicyclic amines) is 1. The van der Waals surface area contributed by atoms with Gasteiger partial charge in [0, 0.05) is 41.4 Å². The summed E-state index contributed by atoms with van der Waals surface area (Å²) in [5.74, 6) is 0.795. The van der Waals surface area contributed by atoms with Crippen molar-refractivity contribution in [2.75, 3.05) is 18.6 Å². The third-order valence-electron chi connectivity index (χ3n) is 3.50. The minimum Gasteiger partial charge on any atom is -0.338 e. The zero-order chi connectivity index (χ0) is 12.4. The van der Waals surface area contributed by atoms with E-state index >= 15 is 0 Å². The van der Waals surface area contributed by atoms with Crippen LogP contribution in [0.25, 0.3) is 0 Å². The SMILES string of the molecule is CC(CS(C)=O)N1CCCC(NC2CC2)C1=O. The molecular weight excluding hydrogens is 236 g/mol. The van der Waals surface area contributed by atoms with Gasteiger partial charge in [0.05, 0.1) is 6.04 Å². The Labute approximate surface area is 106 Å². The second-order valence-electron chi connectivity index (χ2n) is 5.26. The topological polar surface area (TPSA) is 49.4 Å². The number of hydrogen-bond donors (Lipinski definition) is 1. The molecule has 0 bridgehead atoms. The van der Waals surface area contributed by atoms with E-state index in [9.17, 15) is 9.00 Å². The number of hydrogen-bond acceptors (Lipinski definition) is 3. The maximum Gasteiger partial charge on any atom is 0.239 e. The Hall–Kier alpha value is -0.420. The van der Waals surface area contributed by atoms with Gasteiger partial charge in [0.15, 0.2) is 0 Å². The van der Waals surface area contributed by atoms with Crippen LogP contribution in [0.3, 0.4) is 0 Å². The van der Waals surface area contributed by atoms with Gasteiger partial charge in [-0.25, -0.2) is 0 Å². The summed E-state index contributed by atoms with van der Waals surface area (Å²) in [6, 6.07) is 0.667. The number of nitrogens with zero attached hydrogens (tertiary/aromatic N) is 1. The second-order valence-corrected chi connectivity index (χ2v) is 6.74. The van der Waals surface area contributed by atoms with E-state index in [2.05, 4.69) is 5.32 Å². The van der Waals surface area contributed by atoms with Crippen molar-refractivity contribution in [2.45, 2.75) is 50.7 Å². The predicted octanol–water partition coefficient (Wildman–Crippen LogP) is 0.496. The van der Waals surface area contributed by atoms with Crippen molar-refractivity contribution in [3.8, 4) is 0 Å². The summed E-state index contributed by atoms with van der Waals surface area (Å²) < 4.78 is 11.2. The molecule has 0 aromatic heterocycles. The summed E-state index contributed by atoms with van der Waals surface area (Å²) >= 11 is 0. The molecule has 1 aliphatic carbocycles. The van der Waals surface area contributed by atoms with Crippen LogP contribution in [0.5, 0.6) is 0 Å². The summed E-state index contributed by atoms with van der Waals surface area (Å²) in [6.07, 6.45) is 6.12. The molecule has 1 heterocycles. The molecule has 3 atom stereocenters. The zero-order valence-electron chi connectivity index (χ0n) is 10.6. The fourth-order valence-corrected chi connectivity index (χ4v) is 3.32. The van der Waals surface area contributed by atoms with E-state index in [1.807, 2.05) is 11.8 Å². The molecule has 1 saturated carbocycles. The van der Waals surface area contributed by atoms with E-state index in [0.717, 1.165) is 19.4 Å². The van der Waals surface area contributed by atoms with E-state index in [1.54, 1.807) is 6.26 Å². The van der Waals surface area contributed by atoms with Crippen LogP contribution in [0.2, 0.25) is 0 Å². The van der Waals surface area contributed by atoms with Crippen LogP contribution in [-0.4, -0.2) is 51.7 Å². The van der Waals surface area contributed by atoms with Crippen LogP contribution in [0, 0.1) is 0 Å². The molecule has 2 aliphatic rings. The Morgan fingerprint density at radius 1 is 1.47 bits per heavy atom. The fraction of sp³-hybridized carbons (Fsp3) is 0.917.